The molecule has 3 N–H and O–H groups in total. The Bertz CT molecular complexity index is 148. The molecule has 0 rings (SSSR count). The first-order valence-corrected chi connectivity index (χ1v) is 7.37. The van der Waals surface area contributed by atoms with Crippen LogP contribution in [0, 0.1) is 5.92 Å². The lowest BCUT2D eigenvalue weighted by molar-refractivity contribution is 0.0467. The minimum Gasteiger partial charge on any atom is -0.396 e. The molecule has 0 saturated heterocycles. The largest absolute Gasteiger partial charge is 0.396 e. The Labute approximate surface area is 152 Å². The number of hydrogen-bond acceptors (Lipinski definition) is 6. The Morgan fingerprint density at radius 3 is 1.33 bits per heavy atom. The average Bonchev–Trinajstić information content (AvgIpc) is 2.50. The van der Waals surface area contributed by atoms with Crippen molar-refractivity contribution in [1.82, 2.24) is 0 Å². The third kappa shape index (κ3) is 37.8. The van der Waals surface area contributed by atoms with Gasteiger partial charge in [-0.3, -0.25) is 0 Å². The maximum atomic E-state index is 8.73. The van der Waals surface area contributed by atoms with Crippen molar-refractivity contribution in [1.29, 1.82) is 0 Å². The Morgan fingerprint density at radius 2 is 1.25 bits per heavy atom. The van der Waals surface area contributed by atoms with Gasteiger partial charge in [-0.1, -0.05) is 43.1 Å². The van der Waals surface area contributed by atoms with Crippen LogP contribution in [0.25, 0.3) is 0 Å². The van der Waals surface area contributed by atoms with Crippen LogP contribution < -0.4 is 0 Å². The normalized spacial score (nSPS) is 12.4. The van der Waals surface area contributed by atoms with Gasteiger partial charge in [0.15, 0.2) is 0 Å². The molecule has 0 saturated carbocycles. The fraction of sp³-hybridized carbons (Fsp3) is 1.00. The van der Waals surface area contributed by atoms with Crippen molar-refractivity contribution in [2.45, 2.75) is 68.1 Å². The Morgan fingerprint density at radius 1 is 0.792 bits per heavy atom. The fourth-order valence-electron chi connectivity index (χ4n) is 1.02. The number of ether oxygens (including phenoxy) is 3. The van der Waals surface area contributed by atoms with E-state index in [0.29, 0.717) is 13.2 Å². The first-order valence-electron chi connectivity index (χ1n) is 7.37. The van der Waals surface area contributed by atoms with Crippen molar-refractivity contribution in [3.05, 3.63) is 0 Å². The van der Waals surface area contributed by atoms with Gasteiger partial charge in [-0.25, -0.2) is 0 Å². The minimum atomic E-state index is -0.273. The van der Waals surface area contributed by atoms with Gasteiger partial charge in [0, 0.05) is 33.9 Å². The van der Waals surface area contributed by atoms with Gasteiger partial charge in [0.25, 0.3) is 0 Å². The first kappa shape index (κ1) is 39.0. The number of aliphatic hydroxyl groups is 3. The van der Waals surface area contributed by atoms with Crippen LogP contribution in [-0.2, 0) is 14.2 Å². The first-order chi connectivity index (χ1) is 9.96. The molecule has 0 fully saturated rings. The monoisotopic (exact) mass is 360 g/mol. The summed E-state index contributed by atoms with van der Waals surface area (Å²) in [7, 11) is 4.81. The molecule has 3 unspecified atom stereocenters. The van der Waals surface area contributed by atoms with E-state index in [1.54, 1.807) is 21.3 Å². The summed E-state index contributed by atoms with van der Waals surface area (Å²) >= 11 is 0. The van der Waals surface area contributed by atoms with Gasteiger partial charge in [0.1, 0.15) is 0 Å². The summed E-state index contributed by atoms with van der Waals surface area (Å²) in [5, 5.41) is 25.5. The quantitative estimate of drug-likeness (QED) is 0.586. The average molecular weight is 361 g/mol. The van der Waals surface area contributed by atoms with Crippen molar-refractivity contribution >= 4 is 0 Å². The SMILES string of the molecule is C.C.C.CCC(CO)OC.CCC(O)COC.COCC(C)CO. The molecular formula is C18H48O6. The van der Waals surface area contributed by atoms with Crippen LogP contribution in [0.15, 0.2) is 0 Å². The molecule has 3 atom stereocenters. The van der Waals surface area contributed by atoms with E-state index in [0.717, 1.165) is 12.8 Å². The predicted octanol–water partition coefficient (Wildman–Crippen LogP) is 2.98. The third-order valence-electron chi connectivity index (χ3n) is 2.59. The highest BCUT2D eigenvalue weighted by Gasteiger charge is 1.97. The lowest BCUT2D eigenvalue weighted by Gasteiger charge is -2.06. The molecule has 0 aliphatic heterocycles. The van der Waals surface area contributed by atoms with Crippen molar-refractivity contribution in [3.8, 4) is 0 Å². The van der Waals surface area contributed by atoms with Crippen LogP contribution in [0.5, 0.6) is 0 Å². The molecule has 0 heterocycles. The van der Waals surface area contributed by atoms with Crippen LogP contribution in [0.1, 0.15) is 55.9 Å². The lowest BCUT2D eigenvalue weighted by atomic mass is 10.2. The van der Waals surface area contributed by atoms with Crippen molar-refractivity contribution in [2.75, 3.05) is 47.8 Å². The molecule has 0 amide bonds. The molecule has 6 heteroatoms. The molecule has 0 aromatic carbocycles. The highest BCUT2D eigenvalue weighted by molar-refractivity contribution is 4.47. The van der Waals surface area contributed by atoms with Crippen LogP contribution in [0.3, 0.4) is 0 Å². The van der Waals surface area contributed by atoms with Gasteiger partial charge in [0.2, 0.25) is 0 Å². The fourth-order valence-corrected chi connectivity index (χ4v) is 1.02. The van der Waals surface area contributed by atoms with Gasteiger partial charge < -0.3 is 29.5 Å². The van der Waals surface area contributed by atoms with Gasteiger partial charge in [-0.15, -0.1) is 0 Å². The molecule has 6 nitrogen and oxygen atoms in total. The van der Waals surface area contributed by atoms with Crippen molar-refractivity contribution in [2.24, 2.45) is 5.92 Å². The second kappa shape index (κ2) is 34.2. The smallest absolute Gasteiger partial charge is 0.0799 e. The maximum absolute atomic E-state index is 8.73. The van der Waals surface area contributed by atoms with Crippen molar-refractivity contribution in [3.63, 3.8) is 0 Å². The second-order valence-electron chi connectivity index (χ2n) is 4.71. The standard InChI is InChI=1S/3C5H12O2.3CH4/c1-5(3-6)4-7-2;1-3-5(6)4-7-2;1-3-5(4-6)7-2;;;/h3*5-6H,3-4H2,1-2H3;3*1H4. The van der Waals surface area contributed by atoms with Gasteiger partial charge in [-0.2, -0.15) is 0 Å². The van der Waals surface area contributed by atoms with E-state index in [1.807, 2.05) is 20.8 Å². The summed E-state index contributed by atoms with van der Waals surface area (Å²) in [5.41, 5.74) is 0. The summed E-state index contributed by atoms with van der Waals surface area (Å²) in [6.45, 7) is 7.28. The summed E-state index contributed by atoms with van der Waals surface area (Å²) in [4.78, 5) is 0. The van der Waals surface area contributed by atoms with Crippen LogP contribution in [-0.4, -0.2) is 75.3 Å². The lowest BCUT2D eigenvalue weighted by Crippen LogP contribution is -2.13. The van der Waals surface area contributed by atoms with Gasteiger partial charge >= 0.3 is 0 Å². The summed E-state index contributed by atoms with van der Waals surface area (Å²) in [5.74, 6) is 0.282. The molecule has 0 aliphatic rings. The van der Waals surface area contributed by atoms with E-state index in [-0.39, 0.29) is 53.6 Å². The molecule has 156 valence electrons. The predicted molar refractivity (Wildman–Crippen MR) is 105 cm³/mol. The van der Waals surface area contributed by atoms with E-state index in [9.17, 15) is 0 Å². The summed E-state index contributed by atoms with van der Waals surface area (Å²) in [6, 6.07) is 0. The zero-order valence-corrected chi connectivity index (χ0v) is 14.5. The molecule has 0 aromatic heterocycles. The van der Waals surface area contributed by atoms with Gasteiger partial charge in [0.05, 0.1) is 32.0 Å². The van der Waals surface area contributed by atoms with E-state index in [4.69, 9.17) is 24.8 Å². The zero-order chi connectivity index (χ0) is 17.1. The molecule has 24 heavy (non-hydrogen) atoms. The summed E-state index contributed by atoms with van der Waals surface area (Å²) < 4.78 is 14.2. The Kier molecular flexibility index (Phi) is 55.6. The molecule has 0 spiro atoms. The van der Waals surface area contributed by atoms with E-state index >= 15 is 0 Å². The maximum Gasteiger partial charge on any atom is 0.0799 e. The van der Waals surface area contributed by atoms with E-state index < -0.39 is 0 Å². The number of methoxy groups -OCH3 is 3. The summed E-state index contributed by atoms with van der Waals surface area (Å²) in [6.07, 6.45) is 1.42. The zero-order valence-electron chi connectivity index (χ0n) is 14.5. The topological polar surface area (TPSA) is 88.4 Å². The molecular weight excluding hydrogens is 312 g/mol. The highest BCUT2D eigenvalue weighted by atomic mass is 16.5. The molecule has 0 radical (unpaired) electrons. The number of hydrogen-bond donors (Lipinski definition) is 3. The molecule has 0 bridgehead atoms. The van der Waals surface area contributed by atoms with Crippen LogP contribution >= 0.6 is 0 Å². The highest BCUT2D eigenvalue weighted by Crippen LogP contribution is 1.91. The van der Waals surface area contributed by atoms with Gasteiger partial charge in [-0.05, 0) is 12.8 Å². The Balaban J connectivity index is -0.0000000476. The number of rotatable bonds is 9. The van der Waals surface area contributed by atoms with E-state index in [2.05, 4.69) is 4.74 Å². The van der Waals surface area contributed by atoms with Crippen molar-refractivity contribution < 1.29 is 29.5 Å². The second-order valence-corrected chi connectivity index (χ2v) is 4.71. The van der Waals surface area contributed by atoms with E-state index in [1.165, 1.54) is 0 Å². The Hall–Kier alpha value is -0.240. The molecule has 0 aromatic rings. The van der Waals surface area contributed by atoms with Crippen LogP contribution in [0.2, 0.25) is 0 Å². The minimum absolute atomic E-state index is 0. The molecule has 0 aliphatic carbocycles. The van der Waals surface area contributed by atoms with Crippen LogP contribution in [0.4, 0.5) is 0 Å². The number of aliphatic hydroxyl groups excluding tert-OH is 3. The third-order valence-corrected chi connectivity index (χ3v) is 2.59.